The molecule has 6 nitrogen and oxygen atoms in total. The minimum atomic E-state index is -0.270. The average molecular weight is 342 g/mol. The predicted octanol–water partition coefficient (Wildman–Crippen LogP) is 2.50. The van der Waals surface area contributed by atoms with Crippen molar-refractivity contribution in [3.05, 3.63) is 47.8 Å². The van der Waals surface area contributed by atoms with Crippen molar-refractivity contribution < 1.29 is 9.47 Å². The summed E-state index contributed by atoms with van der Waals surface area (Å²) >= 11 is 0. The van der Waals surface area contributed by atoms with Crippen molar-refractivity contribution >= 4 is 5.95 Å². The van der Waals surface area contributed by atoms with Crippen LogP contribution in [0.25, 0.3) is 0 Å². The fourth-order valence-corrected chi connectivity index (χ4v) is 3.16. The van der Waals surface area contributed by atoms with Gasteiger partial charge >= 0.3 is 0 Å². The summed E-state index contributed by atoms with van der Waals surface area (Å²) in [5.74, 6) is 1.57. The molecule has 1 N–H and O–H groups in total. The molecule has 1 atom stereocenters. The van der Waals surface area contributed by atoms with Gasteiger partial charge in [0.15, 0.2) is 0 Å². The zero-order valence-corrected chi connectivity index (χ0v) is 15.2. The van der Waals surface area contributed by atoms with Gasteiger partial charge in [-0.1, -0.05) is 18.2 Å². The molecule has 0 bridgehead atoms. The molecule has 0 radical (unpaired) electrons. The molecular weight excluding hydrogens is 316 g/mol. The zero-order valence-electron chi connectivity index (χ0n) is 15.2. The van der Waals surface area contributed by atoms with Gasteiger partial charge in [-0.2, -0.15) is 0 Å². The summed E-state index contributed by atoms with van der Waals surface area (Å²) in [7, 11) is 3.59. The second-order valence-electron chi connectivity index (χ2n) is 6.57. The number of methoxy groups -OCH3 is 1. The van der Waals surface area contributed by atoms with Crippen molar-refractivity contribution in [2.75, 3.05) is 39.2 Å². The Morgan fingerprint density at radius 1 is 1.24 bits per heavy atom. The monoisotopic (exact) mass is 342 g/mol. The highest BCUT2D eigenvalue weighted by molar-refractivity contribution is 5.31. The smallest absolute Gasteiger partial charge is 0.222 e. The zero-order chi connectivity index (χ0) is 17.7. The predicted molar refractivity (Wildman–Crippen MR) is 97.9 cm³/mol. The molecule has 3 rings (SSSR count). The number of rotatable bonds is 7. The van der Waals surface area contributed by atoms with Gasteiger partial charge in [-0.05, 0) is 25.0 Å². The van der Waals surface area contributed by atoms with Crippen molar-refractivity contribution in [1.82, 2.24) is 14.9 Å². The summed E-state index contributed by atoms with van der Waals surface area (Å²) in [4.78, 5) is 10.9. The number of nitrogens with one attached hydrogen (secondary N) is 1. The van der Waals surface area contributed by atoms with Gasteiger partial charge in [0.05, 0.1) is 0 Å². The summed E-state index contributed by atoms with van der Waals surface area (Å²) in [5, 5.41) is 2.93. The summed E-state index contributed by atoms with van der Waals surface area (Å²) in [6.07, 6.45) is 4.69. The third kappa shape index (κ3) is 4.27. The maximum absolute atomic E-state index is 6.06. The molecule has 0 unspecified atom stereocenters. The minimum absolute atomic E-state index is 0.270. The molecule has 25 heavy (non-hydrogen) atoms. The quantitative estimate of drug-likeness (QED) is 0.834. The van der Waals surface area contributed by atoms with Crippen molar-refractivity contribution in [2.45, 2.75) is 25.5 Å². The molecule has 1 saturated heterocycles. The number of aromatic nitrogens is 2. The maximum Gasteiger partial charge on any atom is 0.222 e. The first-order valence-corrected chi connectivity index (χ1v) is 8.59. The van der Waals surface area contributed by atoms with Crippen LogP contribution in [-0.2, 0) is 11.3 Å². The van der Waals surface area contributed by atoms with Gasteiger partial charge in [-0.3, -0.25) is 4.90 Å². The van der Waals surface area contributed by atoms with Crippen molar-refractivity contribution in [2.24, 2.45) is 0 Å². The number of nitrogens with zero attached hydrogens (tertiary/aromatic N) is 3. The number of benzene rings is 1. The lowest BCUT2D eigenvalue weighted by molar-refractivity contribution is -0.0360. The third-order valence-corrected chi connectivity index (χ3v) is 4.75. The highest BCUT2D eigenvalue weighted by Gasteiger charge is 2.39. The second kappa shape index (κ2) is 7.80. The Morgan fingerprint density at radius 2 is 2.00 bits per heavy atom. The van der Waals surface area contributed by atoms with Crippen LogP contribution in [0, 0.1) is 6.92 Å². The summed E-state index contributed by atoms with van der Waals surface area (Å²) < 4.78 is 11.9. The van der Waals surface area contributed by atoms with E-state index in [2.05, 4.69) is 33.2 Å². The third-order valence-electron chi connectivity index (χ3n) is 4.75. The van der Waals surface area contributed by atoms with Crippen LogP contribution < -0.4 is 10.1 Å². The first kappa shape index (κ1) is 17.6. The molecule has 1 aromatic heterocycles. The maximum atomic E-state index is 6.06. The number of hydrogen-bond donors (Lipinski definition) is 1. The standard InChI is InChI=1S/C19H26N4O2/c1-15-6-4-5-7-17(15)25-14-19(24-3)8-9-23(13-19)12-16-10-21-18(20-2)22-11-16/h4-7,10-11H,8-9,12-14H2,1-3H3,(H,20,21,22)/t19-/m1/s1. The first-order chi connectivity index (χ1) is 12.1. The normalized spacial score (nSPS) is 20.6. The molecule has 0 saturated carbocycles. The molecule has 2 heterocycles. The van der Waals surface area contributed by atoms with Crippen LogP contribution in [0.1, 0.15) is 17.5 Å². The fraction of sp³-hybridized carbons (Fsp3) is 0.474. The van der Waals surface area contributed by atoms with Crippen LogP contribution >= 0.6 is 0 Å². The number of aryl methyl sites for hydroxylation is 1. The van der Waals surface area contributed by atoms with Crippen molar-refractivity contribution in [3.8, 4) is 5.75 Å². The van der Waals surface area contributed by atoms with Crippen LogP contribution in [0.15, 0.2) is 36.7 Å². The molecule has 134 valence electrons. The van der Waals surface area contributed by atoms with E-state index < -0.39 is 0 Å². The first-order valence-electron chi connectivity index (χ1n) is 8.59. The summed E-state index contributed by atoms with van der Waals surface area (Å²) in [6.45, 7) is 5.24. The lowest BCUT2D eigenvalue weighted by Gasteiger charge is -2.28. The van der Waals surface area contributed by atoms with E-state index in [1.54, 1.807) is 7.11 Å². The molecular formula is C19H26N4O2. The lowest BCUT2D eigenvalue weighted by Crippen LogP contribution is -2.41. The van der Waals surface area contributed by atoms with Crippen LogP contribution in [0.3, 0.4) is 0 Å². The van der Waals surface area contributed by atoms with E-state index in [9.17, 15) is 0 Å². The second-order valence-corrected chi connectivity index (χ2v) is 6.57. The molecule has 1 aliphatic heterocycles. The van der Waals surface area contributed by atoms with Gasteiger partial charge in [0, 0.05) is 51.7 Å². The molecule has 0 amide bonds. The van der Waals surface area contributed by atoms with E-state index in [1.165, 1.54) is 0 Å². The Balaban J connectivity index is 1.59. The molecule has 1 aliphatic rings. The van der Waals surface area contributed by atoms with Gasteiger partial charge in [-0.25, -0.2) is 9.97 Å². The molecule has 1 aromatic carbocycles. The highest BCUT2D eigenvalue weighted by Crippen LogP contribution is 2.28. The van der Waals surface area contributed by atoms with Crippen molar-refractivity contribution in [3.63, 3.8) is 0 Å². The molecule has 0 aliphatic carbocycles. The van der Waals surface area contributed by atoms with Gasteiger partial charge in [0.2, 0.25) is 5.95 Å². The van der Waals surface area contributed by atoms with Gasteiger partial charge in [0.25, 0.3) is 0 Å². The Morgan fingerprint density at radius 3 is 2.68 bits per heavy atom. The average Bonchev–Trinajstić information content (AvgIpc) is 3.05. The van der Waals surface area contributed by atoms with Crippen LogP contribution in [0.4, 0.5) is 5.95 Å². The van der Waals surface area contributed by atoms with E-state index in [0.29, 0.717) is 12.6 Å². The number of ether oxygens (including phenoxy) is 2. The molecule has 0 spiro atoms. The number of para-hydroxylation sites is 1. The Labute approximate surface area is 149 Å². The van der Waals surface area contributed by atoms with E-state index in [-0.39, 0.29) is 5.60 Å². The largest absolute Gasteiger partial charge is 0.490 e. The number of anilines is 1. The Kier molecular flexibility index (Phi) is 5.50. The van der Waals surface area contributed by atoms with E-state index in [4.69, 9.17) is 9.47 Å². The number of likely N-dealkylation sites (tertiary alicyclic amines) is 1. The Hall–Kier alpha value is -2.18. The number of hydrogen-bond acceptors (Lipinski definition) is 6. The van der Waals surface area contributed by atoms with Crippen LogP contribution in [0.2, 0.25) is 0 Å². The van der Waals surface area contributed by atoms with E-state index in [0.717, 1.165) is 42.9 Å². The van der Waals surface area contributed by atoms with Gasteiger partial charge in [0.1, 0.15) is 18.0 Å². The van der Waals surface area contributed by atoms with Crippen LogP contribution in [-0.4, -0.2) is 54.3 Å². The molecule has 1 fully saturated rings. The minimum Gasteiger partial charge on any atom is -0.490 e. The fourth-order valence-electron chi connectivity index (χ4n) is 3.16. The molecule has 2 aromatic rings. The summed E-state index contributed by atoms with van der Waals surface area (Å²) in [5.41, 5.74) is 1.98. The lowest BCUT2D eigenvalue weighted by atomic mass is 10.0. The topological polar surface area (TPSA) is 59.5 Å². The van der Waals surface area contributed by atoms with Gasteiger partial charge in [-0.15, -0.1) is 0 Å². The molecule has 6 heteroatoms. The SMILES string of the molecule is CNc1ncc(CN2CC[C@@](COc3ccccc3C)(OC)C2)cn1. The van der Waals surface area contributed by atoms with Crippen LogP contribution in [0.5, 0.6) is 5.75 Å². The van der Waals surface area contributed by atoms with Crippen molar-refractivity contribution in [1.29, 1.82) is 0 Å². The van der Waals surface area contributed by atoms with Gasteiger partial charge < -0.3 is 14.8 Å². The highest BCUT2D eigenvalue weighted by atomic mass is 16.5. The van der Waals surface area contributed by atoms with E-state index in [1.807, 2.05) is 37.6 Å². The Bertz CT molecular complexity index is 692. The van der Waals surface area contributed by atoms with E-state index >= 15 is 0 Å². The summed E-state index contributed by atoms with van der Waals surface area (Å²) in [6, 6.07) is 8.08.